The minimum absolute atomic E-state index is 0.0798. The highest BCUT2D eigenvalue weighted by Gasteiger charge is 2.26. The Morgan fingerprint density at radius 1 is 1.29 bits per heavy atom. The van der Waals surface area contributed by atoms with E-state index < -0.39 is 0 Å². The van der Waals surface area contributed by atoms with E-state index in [0.717, 1.165) is 27.0 Å². The summed E-state index contributed by atoms with van der Waals surface area (Å²) in [5.74, 6) is 0.614. The van der Waals surface area contributed by atoms with Gasteiger partial charge in [-0.1, -0.05) is 46.3 Å². The van der Waals surface area contributed by atoms with Gasteiger partial charge in [-0.2, -0.15) is 0 Å². The second kappa shape index (κ2) is 8.16. The van der Waals surface area contributed by atoms with Crippen molar-refractivity contribution in [2.24, 2.45) is 0 Å². The van der Waals surface area contributed by atoms with Gasteiger partial charge in [-0.05, 0) is 29.3 Å². The van der Waals surface area contributed by atoms with Crippen LogP contribution in [0, 0.1) is 0 Å². The first-order valence-corrected chi connectivity index (χ1v) is 9.76. The molecule has 6 nitrogen and oxygen atoms in total. The molecular weight excluding hydrogens is 422 g/mol. The van der Waals surface area contributed by atoms with E-state index >= 15 is 0 Å². The number of benzene rings is 2. The van der Waals surface area contributed by atoms with Gasteiger partial charge in [-0.25, -0.2) is 4.98 Å². The van der Waals surface area contributed by atoms with Crippen molar-refractivity contribution >= 4 is 21.8 Å². The highest BCUT2D eigenvalue weighted by molar-refractivity contribution is 9.10. The number of amides is 1. The Hall–Kier alpha value is -2.64. The number of fused-ring (bicyclic) bond motifs is 1. The van der Waals surface area contributed by atoms with E-state index in [2.05, 4.69) is 26.2 Å². The molecular formula is C21H20BrN3O3. The summed E-state index contributed by atoms with van der Waals surface area (Å²) in [6, 6.07) is 15.6. The summed E-state index contributed by atoms with van der Waals surface area (Å²) in [5.41, 5.74) is 3.30. The normalized spacial score (nSPS) is 15.7. The van der Waals surface area contributed by atoms with Crippen molar-refractivity contribution < 1.29 is 14.3 Å². The molecule has 1 N–H and O–H groups in total. The molecule has 3 aromatic rings. The third-order valence-corrected chi connectivity index (χ3v) is 5.60. The second-order valence-corrected chi connectivity index (χ2v) is 7.39. The number of rotatable bonds is 5. The fraction of sp³-hybridized carbons (Fsp3) is 0.238. The Morgan fingerprint density at radius 3 is 2.82 bits per heavy atom. The van der Waals surface area contributed by atoms with Gasteiger partial charge < -0.3 is 19.4 Å². The maximum absolute atomic E-state index is 12.6. The smallest absolute Gasteiger partial charge is 0.272 e. The van der Waals surface area contributed by atoms with Crippen molar-refractivity contribution in [3.63, 3.8) is 0 Å². The van der Waals surface area contributed by atoms with Gasteiger partial charge in [0.05, 0.1) is 32.3 Å². The van der Waals surface area contributed by atoms with Crippen molar-refractivity contribution in [2.75, 3.05) is 7.11 Å². The van der Waals surface area contributed by atoms with Gasteiger partial charge in [-0.3, -0.25) is 4.79 Å². The lowest BCUT2D eigenvalue weighted by Crippen LogP contribution is -2.27. The molecule has 0 radical (unpaired) electrons. The highest BCUT2D eigenvalue weighted by atomic mass is 79.9. The van der Waals surface area contributed by atoms with Crippen molar-refractivity contribution in [1.29, 1.82) is 0 Å². The number of imidazole rings is 1. The number of nitrogens with one attached hydrogen (secondary N) is 1. The summed E-state index contributed by atoms with van der Waals surface area (Å²) in [7, 11) is 1.65. The van der Waals surface area contributed by atoms with Gasteiger partial charge in [-0.15, -0.1) is 0 Å². The Bertz CT molecular complexity index is 985. The van der Waals surface area contributed by atoms with Crippen LogP contribution in [0.15, 0.2) is 59.3 Å². The molecule has 7 heteroatoms. The van der Waals surface area contributed by atoms with Crippen LogP contribution >= 0.6 is 15.9 Å². The van der Waals surface area contributed by atoms with Crippen LogP contribution < -0.4 is 10.1 Å². The zero-order valence-corrected chi connectivity index (χ0v) is 17.0. The van der Waals surface area contributed by atoms with E-state index in [1.165, 1.54) is 0 Å². The SMILES string of the molecule is COc1ccc([C@@H]2Cn3cnc(C(=O)NCc4ccccc4Br)c3CO2)cc1. The van der Waals surface area contributed by atoms with Gasteiger partial charge in [0.25, 0.3) is 5.91 Å². The summed E-state index contributed by atoms with van der Waals surface area (Å²) in [6.45, 7) is 1.39. The molecule has 1 aliphatic heterocycles. The first kappa shape index (κ1) is 18.7. The molecule has 0 saturated carbocycles. The van der Waals surface area contributed by atoms with Crippen LogP contribution in [0.2, 0.25) is 0 Å². The van der Waals surface area contributed by atoms with Crippen LogP contribution in [0.5, 0.6) is 5.75 Å². The van der Waals surface area contributed by atoms with E-state index in [0.29, 0.717) is 25.4 Å². The molecule has 0 unspecified atom stereocenters. The quantitative estimate of drug-likeness (QED) is 0.652. The van der Waals surface area contributed by atoms with Gasteiger partial charge in [0, 0.05) is 11.0 Å². The van der Waals surface area contributed by atoms with E-state index in [-0.39, 0.29) is 12.0 Å². The lowest BCUT2D eigenvalue weighted by atomic mass is 10.1. The average molecular weight is 442 g/mol. The minimum atomic E-state index is -0.198. The number of carbonyl (C=O) groups is 1. The summed E-state index contributed by atoms with van der Waals surface area (Å²) >= 11 is 3.49. The number of carbonyl (C=O) groups excluding carboxylic acids is 1. The summed E-state index contributed by atoms with van der Waals surface area (Å²) in [5, 5.41) is 2.93. The number of methoxy groups -OCH3 is 1. The third-order valence-electron chi connectivity index (χ3n) is 4.83. The summed E-state index contributed by atoms with van der Waals surface area (Å²) < 4.78 is 14.2. The topological polar surface area (TPSA) is 65.4 Å². The average Bonchev–Trinajstić information content (AvgIpc) is 3.16. The van der Waals surface area contributed by atoms with E-state index in [1.807, 2.05) is 53.1 Å². The predicted molar refractivity (Wildman–Crippen MR) is 108 cm³/mol. The van der Waals surface area contributed by atoms with Crippen molar-refractivity contribution in [1.82, 2.24) is 14.9 Å². The van der Waals surface area contributed by atoms with Gasteiger partial charge >= 0.3 is 0 Å². The van der Waals surface area contributed by atoms with Crippen molar-refractivity contribution in [3.05, 3.63) is 81.8 Å². The number of ether oxygens (including phenoxy) is 2. The number of hydrogen-bond donors (Lipinski definition) is 1. The monoisotopic (exact) mass is 441 g/mol. The zero-order valence-electron chi connectivity index (χ0n) is 15.4. The Morgan fingerprint density at radius 2 is 2.07 bits per heavy atom. The van der Waals surface area contributed by atoms with Gasteiger partial charge in [0.15, 0.2) is 5.69 Å². The van der Waals surface area contributed by atoms with Crippen LogP contribution in [0.4, 0.5) is 0 Å². The number of nitrogens with zero attached hydrogens (tertiary/aromatic N) is 2. The Kier molecular flexibility index (Phi) is 5.45. The molecule has 0 spiro atoms. The van der Waals surface area contributed by atoms with E-state index in [9.17, 15) is 4.79 Å². The first-order valence-electron chi connectivity index (χ1n) is 8.97. The molecule has 0 fully saturated rings. The molecule has 144 valence electrons. The summed E-state index contributed by atoms with van der Waals surface area (Å²) in [6.07, 6.45) is 1.63. The fourth-order valence-electron chi connectivity index (χ4n) is 3.24. The van der Waals surface area contributed by atoms with E-state index in [4.69, 9.17) is 9.47 Å². The molecule has 2 heterocycles. The van der Waals surface area contributed by atoms with Crippen molar-refractivity contribution in [2.45, 2.75) is 25.8 Å². The zero-order chi connectivity index (χ0) is 19.5. The predicted octanol–water partition coefficient (Wildman–Crippen LogP) is 3.86. The standard InChI is InChI=1S/C21H20BrN3O3/c1-27-16-8-6-14(7-9-16)19-11-25-13-24-20(18(25)12-28-19)21(26)23-10-15-4-2-3-5-17(15)22/h2-9,13,19H,10-12H2,1H3,(H,23,26)/t19-/m0/s1. The van der Waals surface area contributed by atoms with Gasteiger partial charge in [0.1, 0.15) is 11.9 Å². The first-order chi connectivity index (χ1) is 13.7. The number of hydrogen-bond acceptors (Lipinski definition) is 4. The summed E-state index contributed by atoms with van der Waals surface area (Å²) in [4.78, 5) is 16.9. The van der Waals surface area contributed by atoms with Crippen molar-refractivity contribution in [3.8, 4) is 5.75 Å². The van der Waals surface area contributed by atoms with Crippen LogP contribution in [0.1, 0.15) is 33.4 Å². The van der Waals surface area contributed by atoms with Crippen LogP contribution in [0.25, 0.3) is 0 Å². The fourth-order valence-corrected chi connectivity index (χ4v) is 3.66. The Labute approximate surface area is 171 Å². The molecule has 0 aliphatic carbocycles. The largest absolute Gasteiger partial charge is 0.497 e. The molecule has 2 aromatic carbocycles. The Balaban J connectivity index is 1.44. The second-order valence-electron chi connectivity index (χ2n) is 6.54. The lowest BCUT2D eigenvalue weighted by Gasteiger charge is -2.25. The van der Waals surface area contributed by atoms with Crippen LogP contribution in [-0.2, 0) is 24.4 Å². The molecule has 1 aliphatic rings. The number of aromatic nitrogens is 2. The maximum Gasteiger partial charge on any atom is 0.272 e. The molecule has 28 heavy (non-hydrogen) atoms. The van der Waals surface area contributed by atoms with Gasteiger partial charge in [0.2, 0.25) is 0 Å². The minimum Gasteiger partial charge on any atom is -0.497 e. The van der Waals surface area contributed by atoms with Crippen LogP contribution in [-0.4, -0.2) is 22.6 Å². The van der Waals surface area contributed by atoms with E-state index in [1.54, 1.807) is 13.4 Å². The molecule has 1 amide bonds. The molecule has 4 rings (SSSR count). The molecule has 0 bridgehead atoms. The molecule has 1 atom stereocenters. The highest BCUT2D eigenvalue weighted by Crippen LogP contribution is 2.29. The third kappa shape index (κ3) is 3.81. The number of halogens is 1. The maximum atomic E-state index is 12.6. The molecule has 1 aromatic heterocycles. The lowest BCUT2D eigenvalue weighted by molar-refractivity contribution is 0.00255. The van der Waals surface area contributed by atoms with Crippen LogP contribution in [0.3, 0.4) is 0 Å². The molecule has 0 saturated heterocycles.